The van der Waals surface area contributed by atoms with Gasteiger partial charge in [-0.05, 0) is 36.5 Å². The van der Waals surface area contributed by atoms with Gasteiger partial charge in [0.1, 0.15) is 5.82 Å². The van der Waals surface area contributed by atoms with Crippen molar-refractivity contribution in [3.05, 3.63) is 46.1 Å². The number of carbonyl (C=O) groups is 1. The van der Waals surface area contributed by atoms with E-state index < -0.39 is 6.09 Å². The van der Waals surface area contributed by atoms with E-state index in [-0.39, 0.29) is 5.92 Å². The minimum atomic E-state index is -1.05. The third-order valence-corrected chi connectivity index (χ3v) is 4.98. The fraction of sp³-hybridized carbons (Fsp3) is 0.444. The van der Waals surface area contributed by atoms with Crippen LogP contribution in [-0.4, -0.2) is 27.5 Å². The van der Waals surface area contributed by atoms with Crippen LogP contribution in [0.4, 0.5) is 10.6 Å². The van der Waals surface area contributed by atoms with Crippen LogP contribution in [-0.2, 0) is 0 Å². The molecule has 5 nitrogen and oxygen atoms in total. The van der Waals surface area contributed by atoms with Gasteiger partial charge < -0.3 is 10.4 Å². The number of hydrogen-bond donors (Lipinski definition) is 2. The maximum absolute atomic E-state index is 11.4. The molecule has 0 saturated heterocycles. The van der Waals surface area contributed by atoms with Crippen molar-refractivity contribution < 1.29 is 9.90 Å². The van der Waals surface area contributed by atoms with Crippen LogP contribution in [0.2, 0.25) is 0 Å². The van der Waals surface area contributed by atoms with Crippen LogP contribution in [0.5, 0.6) is 0 Å². The van der Waals surface area contributed by atoms with Crippen LogP contribution < -0.4 is 5.32 Å². The molecule has 1 aliphatic rings. The highest BCUT2D eigenvalue weighted by Crippen LogP contribution is 2.40. The number of aromatic nitrogens is 2. The number of nitrogens with zero attached hydrogens (tertiary/aromatic N) is 2. The number of carboxylic acid groups (broad SMARTS) is 1. The molecule has 1 atom stereocenters. The number of nitrogens with one attached hydrogen (secondary N) is 1. The van der Waals surface area contributed by atoms with Crippen molar-refractivity contribution in [1.82, 2.24) is 9.78 Å². The maximum Gasteiger partial charge on any atom is 0.434 e. The summed E-state index contributed by atoms with van der Waals surface area (Å²) >= 11 is 3.52. The van der Waals surface area contributed by atoms with Gasteiger partial charge in [-0.3, -0.25) is 0 Å². The summed E-state index contributed by atoms with van der Waals surface area (Å²) in [4.78, 5) is 11.4. The fourth-order valence-corrected chi connectivity index (χ4v) is 3.36. The van der Waals surface area contributed by atoms with E-state index in [0.29, 0.717) is 24.2 Å². The Balaban J connectivity index is 1.78. The van der Waals surface area contributed by atoms with Crippen LogP contribution in [0, 0.1) is 5.92 Å². The molecule has 1 aromatic carbocycles. The first-order valence-electron chi connectivity index (χ1n) is 8.28. The Morgan fingerprint density at radius 3 is 2.75 bits per heavy atom. The monoisotopic (exact) mass is 391 g/mol. The molecule has 6 heteroatoms. The van der Waals surface area contributed by atoms with E-state index in [1.54, 1.807) is 0 Å². The Morgan fingerprint density at radius 2 is 2.17 bits per heavy atom. The van der Waals surface area contributed by atoms with Crippen molar-refractivity contribution in [2.24, 2.45) is 5.92 Å². The molecule has 2 N–H and O–H groups in total. The summed E-state index contributed by atoms with van der Waals surface area (Å²) in [6, 6.07) is 10.2. The van der Waals surface area contributed by atoms with Gasteiger partial charge in [0.05, 0.1) is 5.69 Å². The average molecular weight is 392 g/mol. The maximum atomic E-state index is 11.4. The van der Waals surface area contributed by atoms with Crippen molar-refractivity contribution in [2.45, 2.75) is 38.5 Å². The minimum Gasteiger partial charge on any atom is -0.463 e. The molecule has 0 radical (unpaired) electrons. The third-order valence-electron chi connectivity index (χ3n) is 4.49. The summed E-state index contributed by atoms with van der Waals surface area (Å²) in [6.45, 7) is 5.02. The van der Waals surface area contributed by atoms with Crippen molar-refractivity contribution >= 4 is 27.8 Å². The molecule has 1 heterocycles. The molecule has 1 aromatic heterocycles. The number of benzene rings is 1. The van der Waals surface area contributed by atoms with Crippen LogP contribution in [0.3, 0.4) is 0 Å². The number of halogens is 1. The van der Waals surface area contributed by atoms with E-state index in [0.717, 1.165) is 27.7 Å². The lowest BCUT2D eigenvalue weighted by molar-refractivity contribution is 0.193. The second kappa shape index (κ2) is 6.97. The van der Waals surface area contributed by atoms with E-state index in [1.165, 1.54) is 5.56 Å². The molecular formula is C18H22BrN3O2. The van der Waals surface area contributed by atoms with E-state index in [9.17, 15) is 9.90 Å². The first kappa shape index (κ1) is 17.0. The van der Waals surface area contributed by atoms with Crippen molar-refractivity contribution in [2.75, 3.05) is 11.9 Å². The van der Waals surface area contributed by atoms with Crippen molar-refractivity contribution in [1.29, 1.82) is 0 Å². The molecule has 0 bridgehead atoms. The second-order valence-corrected chi connectivity index (χ2v) is 7.63. The summed E-state index contributed by atoms with van der Waals surface area (Å²) in [7, 11) is 0. The highest BCUT2D eigenvalue weighted by atomic mass is 79.9. The fourth-order valence-electron chi connectivity index (χ4n) is 2.94. The average Bonchev–Trinajstić information content (AvgIpc) is 3.27. The zero-order valence-electron chi connectivity index (χ0n) is 13.9. The Labute approximate surface area is 150 Å². The minimum absolute atomic E-state index is 0.281. The number of hydrogen-bond acceptors (Lipinski definition) is 3. The molecule has 1 fully saturated rings. The lowest BCUT2D eigenvalue weighted by Crippen LogP contribution is -2.21. The summed E-state index contributed by atoms with van der Waals surface area (Å²) < 4.78 is 2.11. The first-order valence-corrected chi connectivity index (χ1v) is 9.07. The van der Waals surface area contributed by atoms with Gasteiger partial charge in [-0.1, -0.05) is 41.9 Å². The van der Waals surface area contributed by atoms with Gasteiger partial charge >= 0.3 is 6.09 Å². The van der Waals surface area contributed by atoms with Gasteiger partial charge in [0.2, 0.25) is 0 Å². The molecule has 0 amide bonds. The van der Waals surface area contributed by atoms with E-state index in [4.69, 9.17) is 0 Å². The first-order chi connectivity index (χ1) is 11.5. The predicted molar refractivity (Wildman–Crippen MR) is 97.8 cm³/mol. The summed E-state index contributed by atoms with van der Waals surface area (Å²) in [5, 5.41) is 16.9. The quantitative estimate of drug-likeness (QED) is 0.734. The number of anilines is 1. The zero-order chi connectivity index (χ0) is 17.3. The second-order valence-electron chi connectivity index (χ2n) is 6.71. The molecular weight excluding hydrogens is 370 g/mol. The van der Waals surface area contributed by atoms with Gasteiger partial charge in [-0.15, -0.1) is 4.68 Å². The van der Waals surface area contributed by atoms with Crippen molar-refractivity contribution in [3.63, 3.8) is 0 Å². The van der Waals surface area contributed by atoms with E-state index >= 15 is 0 Å². The van der Waals surface area contributed by atoms with Gasteiger partial charge in [-0.25, -0.2) is 4.79 Å². The van der Waals surface area contributed by atoms with Crippen molar-refractivity contribution in [3.8, 4) is 0 Å². The molecule has 0 aliphatic heterocycles. The molecule has 128 valence electrons. The SMILES string of the molecule is CC(C)[C@H](CNc1cc(C2CC2)nn1C(=O)O)c1cccc(Br)c1. The molecule has 3 rings (SSSR count). The Kier molecular flexibility index (Phi) is 4.94. The zero-order valence-corrected chi connectivity index (χ0v) is 15.5. The standard InChI is InChI=1S/C18H22BrN3O2/c1-11(2)15(13-4-3-5-14(19)8-13)10-20-17-9-16(12-6-7-12)21-22(17)18(23)24/h3-5,8-9,11-12,15,20H,6-7,10H2,1-2H3,(H,23,24)/t15-/m0/s1. The van der Waals surface area contributed by atoms with E-state index in [2.05, 4.69) is 52.3 Å². The predicted octanol–water partition coefficient (Wildman–Crippen LogP) is 4.90. The van der Waals surface area contributed by atoms with Crippen LogP contribution in [0.1, 0.15) is 49.8 Å². The van der Waals surface area contributed by atoms with Gasteiger partial charge in [0.15, 0.2) is 0 Å². The molecule has 24 heavy (non-hydrogen) atoms. The summed E-state index contributed by atoms with van der Waals surface area (Å²) in [5.74, 6) is 1.70. The van der Waals surface area contributed by atoms with E-state index in [1.807, 2.05) is 18.2 Å². The van der Waals surface area contributed by atoms with Gasteiger partial charge in [0.25, 0.3) is 0 Å². The van der Waals surface area contributed by atoms with Gasteiger partial charge in [0, 0.05) is 28.9 Å². The molecule has 1 aliphatic carbocycles. The lowest BCUT2D eigenvalue weighted by Gasteiger charge is -2.22. The van der Waals surface area contributed by atoms with Crippen LogP contribution in [0.15, 0.2) is 34.8 Å². The Hall–Kier alpha value is -1.82. The molecule has 1 saturated carbocycles. The summed E-state index contributed by atoms with van der Waals surface area (Å²) in [5.41, 5.74) is 2.11. The van der Waals surface area contributed by atoms with Gasteiger partial charge in [-0.2, -0.15) is 5.10 Å². The molecule has 2 aromatic rings. The van der Waals surface area contributed by atoms with Crippen LogP contribution in [0.25, 0.3) is 0 Å². The largest absolute Gasteiger partial charge is 0.463 e. The molecule has 0 unspecified atom stereocenters. The summed E-state index contributed by atoms with van der Waals surface area (Å²) in [6.07, 6.45) is 1.15. The Bertz CT molecular complexity index is 738. The topological polar surface area (TPSA) is 67.2 Å². The lowest BCUT2D eigenvalue weighted by atomic mass is 9.88. The smallest absolute Gasteiger partial charge is 0.434 e. The highest BCUT2D eigenvalue weighted by Gasteiger charge is 2.28. The van der Waals surface area contributed by atoms with Crippen LogP contribution >= 0.6 is 15.9 Å². The molecule has 0 spiro atoms. The third kappa shape index (κ3) is 3.80. The Morgan fingerprint density at radius 1 is 1.42 bits per heavy atom. The number of rotatable bonds is 6. The normalized spacial score (nSPS) is 15.5. The highest BCUT2D eigenvalue weighted by molar-refractivity contribution is 9.10.